The summed E-state index contributed by atoms with van der Waals surface area (Å²) in [5, 5.41) is 2.85. The number of carbonyl (C=O) groups excluding carboxylic acids is 3. The molecule has 1 aromatic rings. The van der Waals surface area contributed by atoms with Gasteiger partial charge in [0, 0.05) is 24.7 Å². The summed E-state index contributed by atoms with van der Waals surface area (Å²) in [6.45, 7) is 2.35. The van der Waals surface area contributed by atoms with Crippen LogP contribution in [0.3, 0.4) is 0 Å². The Bertz CT molecular complexity index is 667. The average molecular weight is 316 g/mol. The van der Waals surface area contributed by atoms with Gasteiger partial charge in [0.2, 0.25) is 11.8 Å². The molecule has 0 aromatic heterocycles. The quantitative estimate of drug-likeness (QED) is 0.858. The number of likely N-dealkylation sites (tertiary alicyclic amines) is 1. The van der Waals surface area contributed by atoms with Crippen molar-refractivity contribution in [2.45, 2.75) is 32.2 Å². The molecular formula is C17H20N2O4. The largest absolute Gasteiger partial charge is 0.465 e. The number of rotatable bonds is 4. The Labute approximate surface area is 134 Å². The van der Waals surface area contributed by atoms with Crippen molar-refractivity contribution < 1.29 is 19.1 Å². The van der Waals surface area contributed by atoms with Crippen LogP contribution >= 0.6 is 0 Å². The Balaban J connectivity index is 1.70. The molecule has 1 heterocycles. The topological polar surface area (TPSA) is 75.7 Å². The van der Waals surface area contributed by atoms with E-state index < -0.39 is 5.97 Å². The number of esters is 1. The molecule has 1 unspecified atom stereocenters. The molecule has 1 atom stereocenters. The zero-order valence-corrected chi connectivity index (χ0v) is 13.3. The first-order valence-corrected chi connectivity index (χ1v) is 7.79. The van der Waals surface area contributed by atoms with Crippen molar-refractivity contribution in [2.24, 2.45) is 5.92 Å². The number of hydrogen-bond acceptors (Lipinski definition) is 4. The summed E-state index contributed by atoms with van der Waals surface area (Å²) >= 11 is 0. The number of anilines is 1. The summed E-state index contributed by atoms with van der Waals surface area (Å²) in [6, 6.07) is 5.36. The Hall–Kier alpha value is -2.37. The monoisotopic (exact) mass is 316 g/mol. The van der Waals surface area contributed by atoms with Crippen LogP contribution in [0, 0.1) is 12.8 Å². The molecule has 0 radical (unpaired) electrons. The van der Waals surface area contributed by atoms with Gasteiger partial charge in [0.25, 0.3) is 0 Å². The first-order valence-electron chi connectivity index (χ1n) is 7.79. The van der Waals surface area contributed by atoms with Crippen molar-refractivity contribution in [3.8, 4) is 0 Å². The van der Waals surface area contributed by atoms with Crippen LogP contribution in [0.1, 0.15) is 35.2 Å². The van der Waals surface area contributed by atoms with Crippen LogP contribution in [-0.2, 0) is 14.3 Å². The molecule has 23 heavy (non-hydrogen) atoms. The number of aryl methyl sites for hydroxylation is 1. The van der Waals surface area contributed by atoms with Crippen LogP contribution in [0.15, 0.2) is 18.2 Å². The third-order valence-electron chi connectivity index (χ3n) is 4.43. The number of methoxy groups -OCH3 is 1. The standard InChI is InChI=1S/C17H20N2O4/c1-10-3-4-11(17(22)23-2)7-14(10)18-16(21)12-8-15(20)19(9-12)13-5-6-13/h3-4,7,12-13H,5-6,8-9H2,1-2H3,(H,18,21). The van der Waals surface area contributed by atoms with Gasteiger partial charge >= 0.3 is 5.97 Å². The molecule has 0 spiro atoms. The van der Waals surface area contributed by atoms with E-state index in [-0.39, 0.29) is 24.2 Å². The molecule has 1 aliphatic carbocycles. The second kappa shape index (κ2) is 6.02. The fourth-order valence-electron chi connectivity index (χ4n) is 2.88. The molecule has 122 valence electrons. The van der Waals surface area contributed by atoms with E-state index >= 15 is 0 Å². The van der Waals surface area contributed by atoms with E-state index in [2.05, 4.69) is 5.32 Å². The Morgan fingerprint density at radius 1 is 1.30 bits per heavy atom. The Morgan fingerprint density at radius 2 is 2.04 bits per heavy atom. The molecule has 2 amide bonds. The van der Waals surface area contributed by atoms with E-state index in [0.717, 1.165) is 18.4 Å². The van der Waals surface area contributed by atoms with Gasteiger partial charge in [0.05, 0.1) is 18.6 Å². The second-order valence-corrected chi connectivity index (χ2v) is 6.19. The lowest BCUT2D eigenvalue weighted by atomic mass is 10.1. The zero-order valence-electron chi connectivity index (χ0n) is 13.3. The van der Waals surface area contributed by atoms with Gasteiger partial charge in [-0.25, -0.2) is 4.79 Å². The van der Waals surface area contributed by atoms with Crippen LogP contribution in [-0.4, -0.2) is 42.4 Å². The minimum absolute atomic E-state index is 0.0627. The van der Waals surface area contributed by atoms with Gasteiger partial charge in [-0.1, -0.05) is 6.07 Å². The van der Waals surface area contributed by atoms with Gasteiger partial charge in [-0.3, -0.25) is 9.59 Å². The highest BCUT2D eigenvalue weighted by molar-refractivity contribution is 5.99. The molecule has 3 rings (SSSR count). The third kappa shape index (κ3) is 3.21. The first kappa shape index (κ1) is 15.5. The minimum Gasteiger partial charge on any atom is -0.465 e. The maximum absolute atomic E-state index is 12.4. The van der Waals surface area contributed by atoms with E-state index in [0.29, 0.717) is 23.8 Å². The smallest absolute Gasteiger partial charge is 0.337 e. The van der Waals surface area contributed by atoms with Crippen LogP contribution in [0.2, 0.25) is 0 Å². The molecule has 1 aliphatic heterocycles. The molecule has 1 N–H and O–H groups in total. The number of nitrogens with one attached hydrogen (secondary N) is 1. The number of ether oxygens (including phenoxy) is 1. The molecule has 6 heteroatoms. The summed E-state index contributed by atoms with van der Waals surface area (Å²) < 4.78 is 4.69. The first-order chi connectivity index (χ1) is 11.0. The number of nitrogens with zero attached hydrogens (tertiary/aromatic N) is 1. The van der Waals surface area contributed by atoms with E-state index in [1.807, 2.05) is 11.8 Å². The molecular weight excluding hydrogens is 296 g/mol. The molecule has 0 bridgehead atoms. The molecule has 1 saturated heterocycles. The molecule has 2 aliphatic rings. The lowest BCUT2D eigenvalue weighted by molar-refractivity contribution is -0.128. The Morgan fingerprint density at radius 3 is 2.70 bits per heavy atom. The fraction of sp³-hybridized carbons (Fsp3) is 0.471. The van der Waals surface area contributed by atoms with E-state index in [4.69, 9.17) is 4.74 Å². The minimum atomic E-state index is -0.448. The van der Waals surface area contributed by atoms with E-state index in [1.165, 1.54) is 7.11 Å². The van der Waals surface area contributed by atoms with Gasteiger partial charge < -0.3 is 15.0 Å². The van der Waals surface area contributed by atoms with Crippen molar-refractivity contribution in [1.29, 1.82) is 0 Å². The van der Waals surface area contributed by atoms with Gasteiger partial charge in [-0.15, -0.1) is 0 Å². The van der Waals surface area contributed by atoms with Gasteiger partial charge in [0.15, 0.2) is 0 Å². The molecule has 2 fully saturated rings. The van der Waals surface area contributed by atoms with Crippen molar-refractivity contribution >= 4 is 23.5 Å². The molecule has 1 saturated carbocycles. The van der Waals surface area contributed by atoms with Gasteiger partial charge in [-0.2, -0.15) is 0 Å². The van der Waals surface area contributed by atoms with Crippen molar-refractivity contribution in [1.82, 2.24) is 4.90 Å². The second-order valence-electron chi connectivity index (χ2n) is 6.19. The summed E-state index contributed by atoms with van der Waals surface area (Å²) in [6.07, 6.45) is 2.35. The van der Waals surface area contributed by atoms with Gasteiger partial charge in [0.1, 0.15) is 0 Å². The number of hydrogen-bond donors (Lipinski definition) is 1. The van der Waals surface area contributed by atoms with E-state index in [9.17, 15) is 14.4 Å². The highest BCUT2D eigenvalue weighted by Gasteiger charge is 2.41. The summed E-state index contributed by atoms with van der Waals surface area (Å²) in [5.41, 5.74) is 1.82. The maximum atomic E-state index is 12.4. The lowest BCUT2D eigenvalue weighted by Gasteiger charge is -2.16. The number of amides is 2. The van der Waals surface area contributed by atoms with Crippen LogP contribution in [0.5, 0.6) is 0 Å². The predicted molar refractivity (Wildman–Crippen MR) is 84.0 cm³/mol. The molecule has 1 aromatic carbocycles. The summed E-state index contributed by atoms with van der Waals surface area (Å²) in [4.78, 5) is 37.8. The van der Waals surface area contributed by atoms with Crippen LogP contribution < -0.4 is 5.32 Å². The van der Waals surface area contributed by atoms with Crippen molar-refractivity contribution in [3.63, 3.8) is 0 Å². The van der Waals surface area contributed by atoms with Crippen molar-refractivity contribution in [3.05, 3.63) is 29.3 Å². The van der Waals surface area contributed by atoms with Crippen LogP contribution in [0.25, 0.3) is 0 Å². The summed E-state index contributed by atoms with van der Waals surface area (Å²) in [7, 11) is 1.32. The SMILES string of the molecule is COC(=O)c1ccc(C)c(NC(=O)C2CC(=O)N(C3CC3)C2)c1. The highest BCUT2D eigenvalue weighted by Crippen LogP contribution is 2.33. The average Bonchev–Trinajstić information content (AvgIpc) is 3.30. The Kier molecular flexibility index (Phi) is 4.07. The van der Waals surface area contributed by atoms with E-state index in [1.54, 1.807) is 18.2 Å². The fourth-order valence-corrected chi connectivity index (χ4v) is 2.88. The molecule has 6 nitrogen and oxygen atoms in total. The predicted octanol–water partition coefficient (Wildman–Crippen LogP) is 1.73. The highest BCUT2D eigenvalue weighted by atomic mass is 16.5. The normalized spacial score (nSPS) is 20.5. The van der Waals surface area contributed by atoms with Crippen molar-refractivity contribution in [2.75, 3.05) is 19.0 Å². The van der Waals surface area contributed by atoms with Crippen LogP contribution in [0.4, 0.5) is 5.69 Å². The summed E-state index contributed by atoms with van der Waals surface area (Å²) in [5.74, 6) is -0.889. The third-order valence-corrected chi connectivity index (χ3v) is 4.43. The maximum Gasteiger partial charge on any atom is 0.337 e. The lowest BCUT2D eigenvalue weighted by Crippen LogP contribution is -2.30. The number of benzene rings is 1. The zero-order chi connectivity index (χ0) is 16.6. The number of carbonyl (C=O) groups is 3. The van der Waals surface area contributed by atoms with Gasteiger partial charge in [-0.05, 0) is 37.5 Å².